The minimum atomic E-state index is -0.448. The molecular formula is C9H15N3O2S. The molecule has 0 saturated heterocycles. The van der Waals surface area contributed by atoms with Gasteiger partial charge in [-0.3, -0.25) is 4.79 Å². The molecule has 0 aliphatic rings. The Morgan fingerprint density at radius 2 is 2.33 bits per heavy atom. The first-order chi connectivity index (χ1) is 7.11. The molecule has 0 bridgehead atoms. The Labute approximate surface area is 92.5 Å². The Balaban J connectivity index is 2.37. The number of anilines is 1. The summed E-state index contributed by atoms with van der Waals surface area (Å²) in [6.07, 6.45) is 1.14. The number of rotatable bonds is 5. The Kier molecular flexibility index (Phi) is 4.64. The van der Waals surface area contributed by atoms with Crippen LogP contribution in [0.25, 0.3) is 0 Å². The van der Waals surface area contributed by atoms with Crippen molar-refractivity contribution in [2.24, 2.45) is 0 Å². The lowest BCUT2D eigenvalue weighted by atomic mass is 10.2. The zero-order chi connectivity index (χ0) is 11.3. The van der Waals surface area contributed by atoms with Crippen molar-refractivity contribution < 1.29 is 9.90 Å². The second-order valence-corrected chi connectivity index (χ2v) is 4.35. The molecule has 0 radical (unpaired) electrons. The van der Waals surface area contributed by atoms with Crippen LogP contribution < -0.4 is 5.32 Å². The summed E-state index contributed by atoms with van der Waals surface area (Å²) in [4.78, 5) is 11.3. The third-order valence-corrected chi connectivity index (χ3v) is 2.79. The van der Waals surface area contributed by atoms with E-state index in [1.54, 1.807) is 6.92 Å². The zero-order valence-corrected chi connectivity index (χ0v) is 9.67. The molecule has 0 aliphatic carbocycles. The highest BCUT2D eigenvalue weighted by Gasteiger charge is 2.08. The maximum atomic E-state index is 11.3. The third kappa shape index (κ3) is 4.35. The molecule has 1 amide bonds. The van der Waals surface area contributed by atoms with E-state index >= 15 is 0 Å². The topological polar surface area (TPSA) is 75.1 Å². The number of carbonyl (C=O) groups excluding carboxylic acids is 1. The van der Waals surface area contributed by atoms with Gasteiger partial charge in [0.05, 0.1) is 6.10 Å². The normalized spacial score (nSPS) is 12.5. The first kappa shape index (κ1) is 12.1. The van der Waals surface area contributed by atoms with E-state index in [2.05, 4.69) is 15.5 Å². The molecule has 0 saturated carbocycles. The SMILES string of the molecule is CCc1nnc(NC(=O)CCC(C)O)s1. The number of aliphatic hydroxyl groups excluding tert-OH is 1. The molecule has 1 rings (SSSR count). The molecule has 2 N–H and O–H groups in total. The monoisotopic (exact) mass is 229 g/mol. The van der Waals surface area contributed by atoms with Crippen LogP contribution in [0, 0.1) is 0 Å². The first-order valence-electron chi connectivity index (χ1n) is 4.92. The highest BCUT2D eigenvalue weighted by Crippen LogP contribution is 2.15. The van der Waals surface area contributed by atoms with Crippen LogP contribution >= 0.6 is 11.3 Å². The van der Waals surface area contributed by atoms with Crippen molar-refractivity contribution in [2.45, 2.75) is 39.2 Å². The van der Waals surface area contributed by atoms with E-state index in [9.17, 15) is 4.79 Å². The predicted octanol–water partition coefficient (Wildman–Crippen LogP) is 1.20. The van der Waals surface area contributed by atoms with Crippen molar-refractivity contribution in [3.05, 3.63) is 5.01 Å². The van der Waals surface area contributed by atoms with Gasteiger partial charge in [-0.1, -0.05) is 18.3 Å². The number of nitrogens with zero attached hydrogens (tertiary/aromatic N) is 2. The molecule has 15 heavy (non-hydrogen) atoms. The van der Waals surface area contributed by atoms with Crippen molar-refractivity contribution in [2.75, 3.05) is 5.32 Å². The highest BCUT2D eigenvalue weighted by atomic mass is 32.1. The summed E-state index contributed by atoms with van der Waals surface area (Å²) in [5.74, 6) is -0.130. The van der Waals surface area contributed by atoms with E-state index in [1.165, 1.54) is 11.3 Å². The Morgan fingerprint density at radius 1 is 1.60 bits per heavy atom. The molecule has 0 spiro atoms. The lowest BCUT2D eigenvalue weighted by molar-refractivity contribution is -0.116. The average molecular weight is 229 g/mol. The lowest BCUT2D eigenvalue weighted by Gasteiger charge is -2.02. The Bertz CT molecular complexity index is 325. The molecule has 1 aromatic heterocycles. The summed E-state index contributed by atoms with van der Waals surface area (Å²) in [6.45, 7) is 3.65. The van der Waals surface area contributed by atoms with Gasteiger partial charge < -0.3 is 10.4 Å². The van der Waals surface area contributed by atoms with Crippen LogP contribution in [-0.4, -0.2) is 27.3 Å². The van der Waals surface area contributed by atoms with Crippen LogP contribution in [0.2, 0.25) is 0 Å². The molecular weight excluding hydrogens is 214 g/mol. The number of hydrogen-bond donors (Lipinski definition) is 2. The molecule has 0 fully saturated rings. The fourth-order valence-corrected chi connectivity index (χ4v) is 1.66. The van der Waals surface area contributed by atoms with Gasteiger partial charge in [0.25, 0.3) is 0 Å². The fourth-order valence-electron chi connectivity index (χ4n) is 0.969. The quantitative estimate of drug-likeness (QED) is 0.795. The van der Waals surface area contributed by atoms with Gasteiger partial charge in [-0.25, -0.2) is 0 Å². The number of hydrogen-bond acceptors (Lipinski definition) is 5. The molecule has 1 heterocycles. The summed E-state index contributed by atoms with van der Waals surface area (Å²) in [7, 11) is 0. The van der Waals surface area contributed by atoms with Gasteiger partial charge in [0, 0.05) is 6.42 Å². The zero-order valence-electron chi connectivity index (χ0n) is 8.86. The molecule has 1 atom stereocenters. The minimum absolute atomic E-state index is 0.130. The number of aliphatic hydroxyl groups is 1. The number of amides is 1. The van der Waals surface area contributed by atoms with Crippen LogP contribution in [-0.2, 0) is 11.2 Å². The molecule has 6 heteroatoms. The van der Waals surface area contributed by atoms with Gasteiger partial charge in [-0.2, -0.15) is 0 Å². The van der Waals surface area contributed by atoms with Crippen LogP contribution in [0.4, 0.5) is 5.13 Å². The van der Waals surface area contributed by atoms with Crippen LogP contribution in [0.15, 0.2) is 0 Å². The molecule has 1 unspecified atom stereocenters. The third-order valence-electron chi connectivity index (χ3n) is 1.80. The summed E-state index contributed by atoms with van der Waals surface area (Å²) in [6, 6.07) is 0. The fraction of sp³-hybridized carbons (Fsp3) is 0.667. The van der Waals surface area contributed by atoms with Gasteiger partial charge in [0.2, 0.25) is 11.0 Å². The van der Waals surface area contributed by atoms with Crippen LogP contribution in [0.1, 0.15) is 31.7 Å². The summed E-state index contributed by atoms with van der Waals surface area (Å²) < 4.78 is 0. The second-order valence-electron chi connectivity index (χ2n) is 3.29. The molecule has 1 aromatic rings. The lowest BCUT2D eigenvalue weighted by Crippen LogP contribution is -2.13. The van der Waals surface area contributed by atoms with E-state index in [0.717, 1.165) is 11.4 Å². The average Bonchev–Trinajstić information content (AvgIpc) is 2.62. The van der Waals surface area contributed by atoms with Crippen molar-refractivity contribution in [3.8, 4) is 0 Å². The van der Waals surface area contributed by atoms with E-state index in [0.29, 0.717) is 18.0 Å². The molecule has 0 aromatic carbocycles. The maximum absolute atomic E-state index is 11.3. The smallest absolute Gasteiger partial charge is 0.226 e. The van der Waals surface area contributed by atoms with E-state index < -0.39 is 6.10 Å². The van der Waals surface area contributed by atoms with E-state index in [4.69, 9.17) is 5.11 Å². The van der Waals surface area contributed by atoms with E-state index in [1.807, 2.05) is 6.92 Å². The first-order valence-corrected chi connectivity index (χ1v) is 5.73. The van der Waals surface area contributed by atoms with E-state index in [-0.39, 0.29) is 5.91 Å². The van der Waals surface area contributed by atoms with Gasteiger partial charge in [-0.15, -0.1) is 10.2 Å². The number of aryl methyl sites for hydroxylation is 1. The van der Waals surface area contributed by atoms with Crippen molar-refractivity contribution in [3.63, 3.8) is 0 Å². The molecule has 0 aliphatic heterocycles. The predicted molar refractivity (Wildman–Crippen MR) is 58.8 cm³/mol. The number of aromatic nitrogens is 2. The minimum Gasteiger partial charge on any atom is -0.393 e. The van der Waals surface area contributed by atoms with Crippen molar-refractivity contribution in [1.82, 2.24) is 10.2 Å². The molecule has 5 nitrogen and oxygen atoms in total. The maximum Gasteiger partial charge on any atom is 0.226 e. The van der Waals surface area contributed by atoms with Gasteiger partial charge >= 0.3 is 0 Å². The summed E-state index contributed by atoms with van der Waals surface area (Å²) >= 11 is 1.38. The standard InChI is InChI=1S/C9H15N3O2S/c1-3-8-11-12-9(15-8)10-7(14)5-4-6(2)13/h6,13H,3-5H2,1-2H3,(H,10,12,14). The Morgan fingerprint density at radius 3 is 2.87 bits per heavy atom. The number of nitrogens with one attached hydrogen (secondary N) is 1. The second kappa shape index (κ2) is 5.77. The van der Waals surface area contributed by atoms with Gasteiger partial charge in [0.15, 0.2) is 0 Å². The van der Waals surface area contributed by atoms with Gasteiger partial charge in [0.1, 0.15) is 5.01 Å². The largest absolute Gasteiger partial charge is 0.393 e. The highest BCUT2D eigenvalue weighted by molar-refractivity contribution is 7.15. The van der Waals surface area contributed by atoms with Crippen molar-refractivity contribution in [1.29, 1.82) is 0 Å². The summed E-state index contributed by atoms with van der Waals surface area (Å²) in [5.41, 5.74) is 0. The number of carbonyl (C=O) groups is 1. The van der Waals surface area contributed by atoms with Gasteiger partial charge in [-0.05, 0) is 19.8 Å². The van der Waals surface area contributed by atoms with Crippen LogP contribution in [0.3, 0.4) is 0 Å². The summed E-state index contributed by atoms with van der Waals surface area (Å²) in [5, 5.41) is 20.8. The van der Waals surface area contributed by atoms with Crippen molar-refractivity contribution >= 4 is 22.4 Å². The Hall–Kier alpha value is -1.01. The van der Waals surface area contributed by atoms with Crippen LogP contribution in [0.5, 0.6) is 0 Å². The molecule has 84 valence electrons.